The molecular formula is C14H15N3. The molecule has 1 aromatic heterocycles. The topological polar surface area (TPSA) is 41.6 Å². The number of fused-ring (bicyclic) bond motifs is 3. The van der Waals surface area contributed by atoms with Crippen molar-refractivity contribution in [2.45, 2.75) is 26.2 Å². The molecule has 0 aliphatic carbocycles. The fourth-order valence-electron chi connectivity index (χ4n) is 2.33. The third-order valence-electron chi connectivity index (χ3n) is 3.23. The average molecular weight is 225 g/mol. The molecule has 3 rings (SSSR count). The van der Waals surface area contributed by atoms with Gasteiger partial charge in [0.2, 0.25) is 0 Å². The van der Waals surface area contributed by atoms with E-state index in [2.05, 4.69) is 52.7 Å². The summed E-state index contributed by atoms with van der Waals surface area (Å²) in [4.78, 5) is 0. The van der Waals surface area contributed by atoms with Crippen LogP contribution in [0.4, 0.5) is 0 Å². The number of benzene rings is 2. The molecule has 0 saturated carbocycles. The Morgan fingerprint density at radius 2 is 2.00 bits per heavy atom. The molecule has 0 aliphatic heterocycles. The van der Waals surface area contributed by atoms with Crippen LogP contribution in [0.2, 0.25) is 0 Å². The van der Waals surface area contributed by atoms with Crippen LogP contribution in [0.3, 0.4) is 0 Å². The first kappa shape index (κ1) is 10.3. The molecule has 0 fully saturated rings. The van der Waals surface area contributed by atoms with E-state index >= 15 is 0 Å². The molecule has 3 aromatic rings. The van der Waals surface area contributed by atoms with Crippen molar-refractivity contribution in [3.8, 4) is 0 Å². The Morgan fingerprint density at radius 1 is 1.18 bits per heavy atom. The SMILES string of the molecule is CCCCc1cc2nn[nH]c2c2ccccc12. The van der Waals surface area contributed by atoms with E-state index in [1.807, 2.05) is 0 Å². The summed E-state index contributed by atoms with van der Waals surface area (Å²) in [6.45, 7) is 2.22. The molecule has 17 heavy (non-hydrogen) atoms. The summed E-state index contributed by atoms with van der Waals surface area (Å²) in [5.74, 6) is 0. The zero-order valence-electron chi connectivity index (χ0n) is 9.90. The van der Waals surface area contributed by atoms with E-state index in [9.17, 15) is 0 Å². The summed E-state index contributed by atoms with van der Waals surface area (Å²) < 4.78 is 0. The quantitative estimate of drug-likeness (QED) is 0.741. The first-order valence-corrected chi connectivity index (χ1v) is 6.11. The maximum atomic E-state index is 4.13. The molecule has 1 N–H and O–H groups in total. The van der Waals surface area contributed by atoms with Gasteiger partial charge in [-0.2, -0.15) is 0 Å². The summed E-state index contributed by atoms with van der Waals surface area (Å²) in [6.07, 6.45) is 3.54. The highest BCUT2D eigenvalue weighted by atomic mass is 15.3. The molecule has 3 heteroatoms. The molecule has 0 atom stereocenters. The van der Waals surface area contributed by atoms with Crippen molar-refractivity contribution in [2.75, 3.05) is 0 Å². The molecular weight excluding hydrogens is 210 g/mol. The summed E-state index contributed by atoms with van der Waals surface area (Å²) in [7, 11) is 0. The van der Waals surface area contributed by atoms with E-state index < -0.39 is 0 Å². The lowest BCUT2D eigenvalue weighted by atomic mass is 9.99. The van der Waals surface area contributed by atoms with Gasteiger partial charge in [0.05, 0.1) is 5.52 Å². The van der Waals surface area contributed by atoms with Crippen LogP contribution in [0.5, 0.6) is 0 Å². The Labute approximate surface area is 99.8 Å². The van der Waals surface area contributed by atoms with Crippen LogP contribution in [0.15, 0.2) is 30.3 Å². The second kappa shape index (κ2) is 4.17. The summed E-state index contributed by atoms with van der Waals surface area (Å²) in [6, 6.07) is 10.6. The third-order valence-corrected chi connectivity index (χ3v) is 3.23. The number of aromatic amines is 1. The third kappa shape index (κ3) is 1.68. The van der Waals surface area contributed by atoms with Gasteiger partial charge in [0, 0.05) is 5.39 Å². The van der Waals surface area contributed by atoms with Gasteiger partial charge in [0.25, 0.3) is 0 Å². The molecule has 0 spiro atoms. The van der Waals surface area contributed by atoms with Crippen LogP contribution < -0.4 is 0 Å². The number of rotatable bonds is 3. The van der Waals surface area contributed by atoms with Crippen LogP contribution >= 0.6 is 0 Å². The Bertz CT molecular complexity index is 655. The summed E-state index contributed by atoms with van der Waals surface area (Å²) in [5.41, 5.74) is 3.39. The van der Waals surface area contributed by atoms with Gasteiger partial charge in [-0.1, -0.05) is 42.8 Å². The van der Waals surface area contributed by atoms with Crippen molar-refractivity contribution in [1.82, 2.24) is 15.4 Å². The predicted octanol–water partition coefficient (Wildman–Crippen LogP) is 3.45. The predicted molar refractivity (Wildman–Crippen MR) is 70.0 cm³/mol. The molecule has 0 amide bonds. The lowest BCUT2D eigenvalue weighted by Crippen LogP contribution is -1.88. The standard InChI is InChI=1S/C14H15N3/c1-2-3-6-10-9-13-14(16-17-15-13)12-8-5-4-7-11(10)12/h4-5,7-9H,2-3,6H2,1H3,(H,15,16,17). The minimum atomic E-state index is 0.967. The number of hydrogen-bond donors (Lipinski definition) is 1. The number of aryl methyl sites for hydroxylation is 1. The molecule has 0 bridgehead atoms. The first-order valence-electron chi connectivity index (χ1n) is 6.11. The molecule has 0 saturated heterocycles. The summed E-state index contributed by atoms with van der Waals surface area (Å²) >= 11 is 0. The number of nitrogens with one attached hydrogen (secondary N) is 1. The van der Waals surface area contributed by atoms with Gasteiger partial charge in [-0.3, -0.25) is 5.10 Å². The first-order chi connectivity index (χ1) is 8.40. The van der Waals surface area contributed by atoms with Gasteiger partial charge in [-0.05, 0) is 29.9 Å². The molecule has 0 unspecified atom stereocenters. The zero-order chi connectivity index (χ0) is 11.7. The number of H-pyrrole nitrogens is 1. The maximum absolute atomic E-state index is 4.13. The van der Waals surface area contributed by atoms with Gasteiger partial charge >= 0.3 is 0 Å². The Morgan fingerprint density at radius 3 is 2.82 bits per heavy atom. The van der Waals surface area contributed by atoms with Crippen molar-refractivity contribution in [2.24, 2.45) is 0 Å². The fourth-order valence-corrected chi connectivity index (χ4v) is 2.33. The average Bonchev–Trinajstić information content (AvgIpc) is 2.84. The van der Waals surface area contributed by atoms with Crippen molar-refractivity contribution >= 4 is 21.8 Å². The molecule has 86 valence electrons. The highest BCUT2D eigenvalue weighted by Crippen LogP contribution is 2.26. The molecule has 0 radical (unpaired) electrons. The second-order valence-electron chi connectivity index (χ2n) is 4.39. The summed E-state index contributed by atoms with van der Waals surface area (Å²) in [5, 5.41) is 13.6. The zero-order valence-corrected chi connectivity index (χ0v) is 9.90. The number of unbranched alkanes of at least 4 members (excludes halogenated alkanes) is 1. The van der Waals surface area contributed by atoms with Crippen molar-refractivity contribution in [3.05, 3.63) is 35.9 Å². The number of hydrogen-bond acceptors (Lipinski definition) is 2. The van der Waals surface area contributed by atoms with E-state index in [4.69, 9.17) is 0 Å². The second-order valence-corrected chi connectivity index (χ2v) is 4.39. The fraction of sp³-hybridized carbons (Fsp3) is 0.286. The number of aromatic nitrogens is 3. The molecule has 1 heterocycles. The lowest BCUT2D eigenvalue weighted by molar-refractivity contribution is 0.799. The van der Waals surface area contributed by atoms with Crippen LogP contribution in [0.1, 0.15) is 25.3 Å². The van der Waals surface area contributed by atoms with Crippen molar-refractivity contribution in [1.29, 1.82) is 0 Å². The van der Waals surface area contributed by atoms with Crippen LogP contribution in [-0.2, 0) is 6.42 Å². The van der Waals surface area contributed by atoms with E-state index in [0.717, 1.165) is 17.5 Å². The molecule has 3 nitrogen and oxygen atoms in total. The van der Waals surface area contributed by atoms with E-state index in [1.54, 1.807) is 0 Å². The Kier molecular flexibility index (Phi) is 2.52. The van der Waals surface area contributed by atoms with Gasteiger partial charge in [-0.25, -0.2) is 0 Å². The van der Waals surface area contributed by atoms with Crippen LogP contribution in [0.25, 0.3) is 21.8 Å². The smallest absolute Gasteiger partial charge is 0.113 e. The highest BCUT2D eigenvalue weighted by molar-refractivity contribution is 6.05. The monoisotopic (exact) mass is 225 g/mol. The van der Waals surface area contributed by atoms with Gasteiger partial charge in [0.1, 0.15) is 5.52 Å². The van der Waals surface area contributed by atoms with Gasteiger partial charge in [0.15, 0.2) is 0 Å². The van der Waals surface area contributed by atoms with Crippen LogP contribution in [0, 0.1) is 0 Å². The largest absolute Gasteiger partial charge is 0.257 e. The number of nitrogens with zero attached hydrogens (tertiary/aromatic N) is 2. The van der Waals surface area contributed by atoms with Crippen LogP contribution in [-0.4, -0.2) is 15.4 Å². The minimum Gasteiger partial charge on any atom is -0.257 e. The van der Waals surface area contributed by atoms with E-state index in [0.29, 0.717) is 0 Å². The minimum absolute atomic E-state index is 0.967. The van der Waals surface area contributed by atoms with Crippen molar-refractivity contribution in [3.63, 3.8) is 0 Å². The lowest BCUT2D eigenvalue weighted by Gasteiger charge is -2.06. The Balaban J connectivity index is 2.29. The maximum Gasteiger partial charge on any atom is 0.113 e. The normalized spacial score (nSPS) is 11.4. The molecule has 2 aromatic carbocycles. The molecule has 0 aliphatic rings. The van der Waals surface area contributed by atoms with Crippen molar-refractivity contribution < 1.29 is 0 Å². The Hall–Kier alpha value is -1.90. The van der Waals surface area contributed by atoms with Gasteiger partial charge in [-0.15, -0.1) is 5.10 Å². The van der Waals surface area contributed by atoms with E-state index in [-0.39, 0.29) is 0 Å². The highest BCUT2D eigenvalue weighted by Gasteiger charge is 2.08. The van der Waals surface area contributed by atoms with Gasteiger partial charge < -0.3 is 0 Å². The van der Waals surface area contributed by atoms with E-state index in [1.165, 1.54) is 29.2 Å².